The third kappa shape index (κ3) is 6.59. The Balaban J connectivity index is 1.83. The van der Waals surface area contributed by atoms with Gasteiger partial charge in [-0.25, -0.2) is 4.79 Å². The predicted molar refractivity (Wildman–Crippen MR) is 125 cm³/mol. The van der Waals surface area contributed by atoms with Crippen molar-refractivity contribution in [2.75, 3.05) is 13.1 Å². The summed E-state index contributed by atoms with van der Waals surface area (Å²) in [5, 5.41) is 0.879. The van der Waals surface area contributed by atoms with Crippen LogP contribution < -0.4 is 0 Å². The van der Waals surface area contributed by atoms with Gasteiger partial charge in [0, 0.05) is 30.5 Å². The maximum Gasteiger partial charge on any atom is 0.410 e. The Morgan fingerprint density at radius 3 is 2.48 bits per heavy atom. The lowest BCUT2D eigenvalue weighted by atomic mass is 9.85. The number of nitrogens with zero attached hydrogens (tertiary/aromatic N) is 1. The second-order valence-electron chi connectivity index (χ2n) is 10.8. The van der Waals surface area contributed by atoms with Crippen LogP contribution in [0.25, 0.3) is 11.0 Å². The lowest BCUT2D eigenvalue weighted by molar-refractivity contribution is -0.162. The van der Waals surface area contributed by atoms with Gasteiger partial charge in [-0.2, -0.15) is 0 Å². The molecule has 180 valence electrons. The lowest BCUT2D eigenvalue weighted by Crippen LogP contribution is -2.38. The van der Waals surface area contributed by atoms with E-state index in [-0.39, 0.29) is 24.4 Å². The van der Waals surface area contributed by atoms with Crippen molar-refractivity contribution in [1.82, 2.24) is 4.90 Å². The third-order valence-electron chi connectivity index (χ3n) is 5.63. The van der Waals surface area contributed by atoms with Crippen molar-refractivity contribution in [1.29, 1.82) is 0 Å². The van der Waals surface area contributed by atoms with Gasteiger partial charge in [0.05, 0.1) is 12.2 Å². The molecule has 1 aromatic heterocycles. The molecule has 0 unspecified atom stereocenters. The number of aldehydes is 1. The zero-order valence-electron chi connectivity index (χ0n) is 20.5. The summed E-state index contributed by atoms with van der Waals surface area (Å²) < 4.78 is 16.8. The summed E-state index contributed by atoms with van der Waals surface area (Å²) in [5.41, 5.74) is 1.32. The Labute approximate surface area is 195 Å². The number of likely N-dealkylation sites (tertiary alicyclic amines) is 1. The smallest absolute Gasteiger partial charge is 0.410 e. The Kier molecular flexibility index (Phi) is 7.20. The average molecular weight is 458 g/mol. The van der Waals surface area contributed by atoms with Crippen LogP contribution in [0.1, 0.15) is 59.1 Å². The van der Waals surface area contributed by atoms with Crippen LogP contribution in [0.15, 0.2) is 28.9 Å². The zero-order chi connectivity index (χ0) is 24.4. The number of hydrogen-bond donors (Lipinski definition) is 0. The molecule has 1 saturated heterocycles. The Hall–Kier alpha value is -2.83. The van der Waals surface area contributed by atoms with Crippen molar-refractivity contribution in [3.8, 4) is 0 Å². The monoisotopic (exact) mass is 457 g/mol. The van der Waals surface area contributed by atoms with E-state index in [1.54, 1.807) is 11.2 Å². The minimum atomic E-state index is -0.607. The molecule has 3 rings (SSSR count). The molecule has 1 aromatic carbocycles. The van der Waals surface area contributed by atoms with Crippen LogP contribution in [0.4, 0.5) is 4.79 Å². The normalized spacial score (nSPS) is 17.8. The summed E-state index contributed by atoms with van der Waals surface area (Å²) in [6.07, 6.45) is 3.55. The van der Waals surface area contributed by atoms with Crippen LogP contribution in [-0.4, -0.2) is 47.5 Å². The minimum Gasteiger partial charge on any atom is -0.464 e. The van der Waals surface area contributed by atoms with E-state index in [1.807, 2.05) is 59.7 Å². The molecule has 0 bridgehead atoms. The van der Waals surface area contributed by atoms with Crippen molar-refractivity contribution < 1.29 is 28.3 Å². The third-order valence-corrected chi connectivity index (χ3v) is 5.63. The highest BCUT2D eigenvalue weighted by Crippen LogP contribution is 2.32. The summed E-state index contributed by atoms with van der Waals surface area (Å²) >= 11 is 0. The number of esters is 1. The molecular weight excluding hydrogens is 422 g/mol. The molecule has 2 heterocycles. The van der Waals surface area contributed by atoms with Gasteiger partial charge in [0.2, 0.25) is 0 Å². The molecule has 0 radical (unpaired) electrons. The van der Waals surface area contributed by atoms with Crippen molar-refractivity contribution in [2.24, 2.45) is 11.8 Å². The second-order valence-corrected chi connectivity index (χ2v) is 10.8. The SMILES string of the molecule is CC(C)(C)OC(=O)[C@@H](Cc1ccc2occ(CC=O)c2c1)[C@H]1CCN(C(=O)OC(C)(C)C)C1. The summed E-state index contributed by atoms with van der Waals surface area (Å²) in [7, 11) is 0. The van der Waals surface area contributed by atoms with E-state index in [0.29, 0.717) is 31.5 Å². The largest absolute Gasteiger partial charge is 0.464 e. The van der Waals surface area contributed by atoms with Crippen molar-refractivity contribution >= 4 is 29.3 Å². The number of fused-ring (bicyclic) bond motifs is 1. The molecule has 2 atom stereocenters. The summed E-state index contributed by atoms with van der Waals surface area (Å²) in [6.45, 7) is 12.1. The zero-order valence-corrected chi connectivity index (χ0v) is 20.5. The number of amides is 1. The van der Waals surface area contributed by atoms with Crippen molar-refractivity contribution in [3.63, 3.8) is 0 Å². The van der Waals surface area contributed by atoms with Gasteiger partial charge >= 0.3 is 12.1 Å². The summed E-state index contributed by atoms with van der Waals surface area (Å²) in [5.74, 6) is -0.712. The first-order valence-electron chi connectivity index (χ1n) is 11.5. The molecular formula is C26H35NO6. The topological polar surface area (TPSA) is 86.0 Å². The van der Waals surface area contributed by atoms with Crippen molar-refractivity contribution in [2.45, 2.75) is 72.0 Å². The second kappa shape index (κ2) is 9.57. The van der Waals surface area contributed by atoms with Gasteiger partial charge < -0.3 is 23.6 Å². The molecule has 1 aliphatic rings. The fraction of sp³-hybridized carbons (Fsp3) is 0.577. The van der Waals surface area contributed by atoms with Gasteiger partial charge in [-0.3, -0.25) is 4.79 Å². The van der Waals surface area contributed by atoms with Crippen LogP contribution in [0.2, 0.25) is 0 Å². The van der Waals surface area contributed by atoms with Crippen LogP contribution in [0, 0.1) is 11.8 Å². The van der Waals surface area contributed by atoms with E-state index in [9.17, 15) is 14.4 Å². The van der Waals surface area contributed by atoms with Crippen molar-refractivity contribution in [3.05, 3.63) is 35.6 Å². The Bertz CT molecular complexity index is 1010. The lowest BCUT2D eigenvalue weighted by Gasteiger charge is -2.28. The molecule has 1 amide bonds. The van der Waals surface area contributed by atoms with Gasteiger partial charge in [-0.05, 0) is 78.0 Å². The van der Waals surface area contributed by atoms with E-state index in [2.05, 4.69) is 0 Å². The summed E-state index contributed by atoms with van der Waals surface area (Å²) in [6, 6.07) is 5.79. The van der Waals surface area contributed by atoms with Gasteiger partial charge in [0.25, 0.3) is 0 Å². The molecule has 7 nitrogen and oxygen atoms in total. The molecule has 1 fully saturated rings. The average Bonchev–Trinajstić information content (AvgIpc) is 3.31. The minimum absolute atomic E-state index is 0.0399. The molecule has 2 aromatic rings. The van der Waals surface area contributed by atoms with E-state index in [4.69, 9.17) is 13.9 Å². The molecule has 0 aliphatic carbocycles. The Morgan fingerprint density at radius 2 is 1.85 bits per heavy atom. The molecule has 0 spiro atoms. The van der Waals surface area contributed by atoms with E-state index < -0.39 is 17.1 Å². The molecule has 1 aliphatic heterocycles. The highest BCUT2D eigenvalue weighted by Gasteiger charge is 2.39. The first kappa shape index (κ1) is 24.8. The number of benzene rings is 1. The number of ether oxygens (including phenoxy) is 2. The molecule has 0 N–H and O–H groups in total. The van der Waals surface area contributed by atoms with E-state index >= 15 is 0 Å². The molecule has 33 heavy (non-hydrogen) atoms. The van der Waals surface area contributed by atoms with Crippen LogP contribution >= 0.6 is 0 Å². The highest BCUT2D eigenvalue weighted by molar-refractivity contribution is 5.84. The molecule has 0 saturated carbocycles. The van der Waals surface area contributed by atoms with Crippen LogP contribution in [0.5, 0.6) is 0 Å². The molecule has 7 heteroatoms. The maximum atomic E-state index is 13.2. The first-order valence-corrected chi connectivity index (χ1v) is 11.5. The number of carbonyl (C=O) groups excluding carboxylic acids is 3. The fourth-order valence-corrected chi connectivity index (χ4v) is 4.19. The van der Waals surface area contributed by atoms with Crippen LogP contribution in [0.3, 0.4) is 0 Å². The highest BCUT2D eigenvalue weighted by atomic mass is 16.6. The van der Waals surface area contributed by atoms with Gasteiger partial charge in [0.15, 0.2) is 0 Å². The standard InChI is InChI=1S/C26H35NO6/c1-25(2,3)32-23(29)21(18-9-11-27(15-18)24(30)33-26(4,5)6)14-17-7-8-22-20(13-17)19(10-12-28)16-31-22/h7-8,12-13,16,18,21H,9-11,14-15H2,1-6H3/t18-,21-/m0/s1. The number of rotatable bonds is 6. The van der Waals surface area contributed by atoms with Gasteiger partial charge in [-0.15, -0.1) is 0 Å². The first-order chi connectivity index (χ1) is 15.4. The van der Waals surface area contributed by atoms with E-state index in [0.717, 1.165) is 22.8 Å². The Morgan fingerprint density at radius 1 is 1.15 bits per heavy atom. The van der Waals surface area contributed by atoms with Gasteiger partial charge in [0.1, 0.15) is 23.1 Å². The quantitative estimate of drug-likeness (QED) is 0.452. The maximum absolute atomic E-state index is 13.2. The predicted octanol–water partition coefficient (Wildman–Crippen LogP) is 4.93. The number of furan rings is 1. The van der Waals surface area contributed by atoms with E-state index in [1.165, 1.54) is 0 Å². The van der Waals surface area contributed by atoms with Gasteiger partial charge in [-0.1, -0.05) is 6.07 Å². The number of hydrogen-bond acceptors (Lipinski definition) is 6. The van der Waals surface area contributed by atoms with Crippen LogP contribution in [-0.2, 0) is 31.9 Å². The fourth-order valence-electron chi connectivity index (χ4n) is 4.19. The summed E-state index contributed by atoms with van der Waals surface area (Å²) in [4.78, 5) is 38.4. The number of carbonyl (C=O) groups is 3.